The van der Waals surface area contributed by atoms with E-state index in [-0.39, 0.29) is 0 Å². The maximum absolute atomic E-state index is 5.41. The normalized spacial score (nSPS) is 11.4. The van der Waals surface area contributed by atoms with Gasteiger partial charge in [-0.15, -0.1) is 0 Å². The minimum Gasteiger partial charge on any atom is -0.388 e. The van der Waals surface area contributed by atoms with E-state index in [1.54, 1.807) is 0 Å². The van der Waals surface area contributed by atoms with Crippen LogP contribution >= 0.6 is 0 Å². The van der Waals surface area contributed by atoms with E-state index < -0.39 is 0 Å². The van der Waals surface area contributed by atoms with Crippen LogP contribution < -0.4 is 5.32 Å². The fourth-order valence-corrected chi connectivity index (χ4v) is 4.24. The average Bonchev–Trinajstić information content (AvgIpc) is 3.24. The molecule has 0 radical (unpaired) electrons. The van der Waals surface area contributed by atoms with Crippen molar-refractivity contribution in [3.8, 4) is 11.1 Å². The van der Waals surface area contributed by atoms with Gasteiger partial charge in [0.1, 0.15) is 5.76 Å². The summed E-state index contributed by atoms with van der Waals surface area (Å²) in [5.41, 5.74) is 8.00. The predicted molar refractivity (Wildman–Crippen MR) is 120 cm³/mol. The Bertz CT molecular complexity index is 1310. The molecule has 0 amide bonds. The van der Waals surface area contributed by atoms with E-state index in [0.29, 0.717) is 0 Å². The maximum Gasteiger partial charge on any atom is 0.141 e. The van der Waals surface area contributed by atoms with Gasteiger partial charge in [-0.1, -0.05) is 47.6 Å². The summed E-state index contributed by atoms with van der Waals surface area (Å²) in [5, 5.41) is 9.91. The summed E-state index contributed by atoms with van der Waals surface area (Å²) in [4.78, 5) is 0. The molecule has 144 valence electrons. The Morgan fingerprint density at radius 1 is 0.897 bits per heavy atom. The van der Waals surface area contributed by atoms with Crippen LogP contribution in [0.5, 0.6) is 0 Å². The van der Waals surface area contributed by atoms with Crippen LogP contribution in [-0.2, 0) is 6.54 Å². The molecule has 0 aliphatic heterocycles. The molecular weight excluding hydrogens is 358 g/mol. The molecule has 0 aliphatic carbocycles. The van der Waals surface area contributed by atoms with Crippen molar-refractivity contribution in [2.24, 2.45) is 0 Å². The van der Waals surface area contributed by atoms with Gasteiger partial charge in [0, 0.05) is 41.1 Å². The number of fused-ring (bicyclic) bond motifs is 3. The lowest BCUT2D eigenvalue weighted by Crippen LogP contribution is -1.99. The van der Waals surface area contributed by atoms with Crippen molar-refractivity contribution < 1.29 is 4.52 Å². The highest BCUT2D eigenvalue weighted by Gasteiger charge is 2.16. The number of hydrogen-bond donors (Lipinski definition) is 1. The lowest BCUT2D eigenvalue weighted by Gasteiger charge is -2.09. The molecule has 5 rings (SSSR count). The molecule has 4 heteroatoms. The van der Waals surface area contributed by atoms with Gasteiger partial charge in [0.25, 0.3) is 0 Å². The van der Waals surface area contributed by atoms with Gasteiger partial charge < -0.3 is 14.4 Å². The molecular formula is C25H23N3O. The quantitative estimate of drug-likeness (QED) is 0.406. The second kappa shape index (κ2) is 6.82. The van der Waals surface area contributed by atoms with E-state index in [0.717, 1.165) is 34.8 Å². The molecule has 2 heterocycles. The van der Waals surface area contributed by atoms with Crippen molar-refractivity contribution >= 4 is 27.5 Å². The molecule has 0 fully saturated rings. The summed E-state index contributed by atoms with van der Waals surface area (Å²) in [7, 11) is 1.96. The summed E-state index contributed by atoms with van der Waals surface area (Å²) in [6, 6.07) is 23.8. The predicted octanol–water partition coefficient (Wildman–Crippen LogP) is 6.16. The fourth-order valence-electron chi connectivity index (χ4n) is 4.24. The number of anilines is 1. The van der Waals surface area contributed by atoms with Crippen LogP contribution in [0.3, 0.4) is 0 Å². The van der Waals surface area contributed by atoms with Gasteiger partial charge in [-0.25, -0.2) is 0 Å². The smallest absolute Gasteiger partial charge is 0.141 e. The molecule has 0 saturated carbocycles. The van der Waals surface area contributed by atoms with E-state index in [2.05, 4.69) is 81.8 Å². The first-order chi connectivity index (χ1) is 14.2. The standard InChI is InChI=1S/C25H23N3O/c1-16-25(17(2)29-27-16)19-9-11-21-22-14-20(26-3)10-12-23(22)28(24(21)13-19)15-18-7-5-4-6-8-18/h4-14,26H,15H2,1-3H3. The molecule has 2 aromatic heterocycles. The molecule has 0 atom stereocenters. The number of nitrogens with zero attached hydrogens (tertiary/aromatic N) is 2. The monoisotopic (exact) mass is 381 g/mol. The minimum atomic E-state index is 0.824. The van der Waals surface area contributed by atoms with Gasteiger partial charge in [-0.2, -0.15) is 0 Å². The van der Waals surface area contributed by atoms with Crippen LogP contribution in [0.1, 0.15) is 17.0 Å². The molecule has 0 unspecified atom stereocenters. The molecule has 4 nitrogen and oxygen atoms in total. The number of hydrogen-bond acceptors (Lipinski definition) is 3. The van der Waals surface area contributed by atoms with Gasteiger partial charge in [-0.3, -0.25) is 0 Å². The number of aryl methyl sites for hydroxylation is 2. The van der Waals surface area contributed by atoms with Gasteiger partial charge in [-0.05, 0) is 49.2 Å². The first kappa shape index (κ1) is 17.6. The second-order valence-corrected chi connectivity index (χ2v) is 7.48. The largest absolute Gasteiger partial charge is 0.388 e. The molecule has 1 N–H and O–H groups in total. The molecule has 0 spiro atoms. The van der Waals surface area contributed by atoms with Gasteiger partial charge in [0.05, 0.1) is 11.2 Å². The summed E-state index contributed by atoms with van der Waals surface area (Å²) >= 11 is 0. The van der Waals surface area contributed by atoms with Crippen molar-refractivity contribution in [2.45, 2.75) is 20.4 Å². The Hall–Kier alpha value is -3.53. The summed E-state index contributed by atoms with van der Waals surface area (Å²) in [6.07, 6.45) is 0. The lowest BCUT2D eigenvalue weighted by molar-refractivity contribution is 0.393. The zero-order valence-corrected chi connectivity index (χ0v) is 16.9. The zero-order valence-electron chi connectivity index (χ0n) is 16.9. The Morgan fingerprint density at radius 2 is 1.72 bits per heavy atom. The summed E-state index contributed by atoms with van der Waals surface area (Å²) < 4.78 is 7.82. The highest BCUT2D eigenvalue weighted by atomic mass is 16.5. The zero-order chi connectivity index (χ0) is 20.0. The summed E-state index contributed by atoms with van der Waals surface area (Å²) in [6.45, 7) is 4.79. The maximum atomic E-state index is 5.41. The highest BCUT2D eigenvalue weighted by Crippen LogP contribution is 2.36. The van der Waals surface area contributed by atoms with E-state index in [1.807, 2.05) is 20.9 Å². The number of aromatic nitrogens is 2. The van der Waals surface area contributed by atoms with Gasteiger partial charge in [0.2, 0.25) is 0 Å². The van der Waals surface area contributed by atoms with E-state index in [4.69, 9.17) is 4.52 Å². The Balaban J connectivity index is 1.79. The SMILES string of the molecule is CNc1ccc2c(c1)c1ccc(-c3c(C)noc3C)cc1n2Cc1ccccc1. The van der Waals surface area contributed by atoms with Crippen molar-refractivity contribution in [3.05, 3.63) is 83.7 Å². The van der Waals surface area contributed by atoms with Crippen LogP contribution in [0.15, 0.2) is 71.3 Å². The Kier molecular flexibility index (Phi) is 4.13. The molecule has 0 aliphatic rings. The third kappa shape index (κ3) is 2.88. The van der Waals surface area contributed by atoms with Gasteiger partial charge >= 0.3 is 0 Å². The van der Waals surface area contributed by atoms with E-state index in [1.165, 1.54) is 27.4 Å². The first-order valence-electron chi connectivity index (χ1n) is 9.86. The van der Waals surface area contributed by atoms with Crippen molar-refractivity contribution in [1.82, 2.24) is 9.72 Å². The second-order valence-electron chi connectivity index (χ2n) is 7.48. The number of rotatable bonds is 4. The third-order valence-electron chi connectivity index (χ3n) is 5.66. The van der Waals surface area contributed by atoms with Crippen LogP contribution in [0.2, 0.25) is 0 Å². The third-order valence-corrected chi connectivity index (χ3v) is 5.66. The summed E-state index contributed by atoms with van der Waals surface area (Å²) in [5.74, 6) is 0.852. The topological polar surface area (TPSA) is 43.0 Å². The van der Waals surface area contributed by atoms with E-state index >= 15 is 0 Å². The van der Waals surface area contributed by atoms with E-state index in [9.17, 15) is 0 Å². The number of nitrogens with one attached hydrogen (secondary N) is 1. The molecule has 0 bridgehead atoms. The van der Waals surface area contributed by atoms with Crippen molar-refractivity contribution in [3.63, 3.8) is 0 Å². The molecule has 3 aromatic carbocycles. The number of benzene rings is 3. The lowest BCUT2D eigenvalue weighted by atomic mass is 10.0. The fraction of sp³-hybridized carbons (Fsp3) is 0.160. The van der Waals surface area contributed by atoms with Crippen LogP contribution in [0, 0.1) is 13.8 Å². The molecule has 5 aromatic rings. The highest BCUT2D eigenvalue weighted by molar-refractivity contribution is 6.10. The van der Waals surface area contributed by atoms with Crippen molar-refractivity contribution in [1.29, 1.82) is 0 Å². The Labute approximate surface area is 169 Å². The van der Waals surface area contributed by atoms with Crippen LogP contribution in [0.4, 0.5) is 5.69 Å². The minimum absolute atomic E-state index is 0.824. The van der Waals surface area contributed by atoms with Crippen molar-refractivity contribution in [2.75, 3.05) is 12.4 Å². The van der Waals surface area contributed by atoms with Crippen LogP contribution in [0.25, 0.3) is 32.9 Å². The average molecular weight is 381 g/mol. The Morgan fingerprint density at radius 3 is 2.45 bits per heavy atom. The molecule has 29 heavy (non-hydrogen) atoms. The molecule has 0 saturated heterocycles. The first-order valence-corrected chi connectivity index (χ1v) is 9.86. The van der Waals surface area contributed by atoms with Crippen LogP contribution in [-0.4, -0.2) is 16.8 Å². The van der Waals surface area contributed by atoms with Gasteiger partial charge in [0.15, 0.2) is 0 Å².